The first kappa shape index (κ1) is 20.0. The minimum atomic E-state index is 0.0801. The van der Waals surface area contributed by atoms with Crippen LogP contribution < -0.4 is 0 Å². The van der Waals surface area contributed by atoms with Gasteiger partial charge in [-0.2, -0.15) is 0 Å². The Morgan fingerprint density at radius 3 is 2.09 bits per heavy atom. The average Bonchev–Trinajstić information content (AvgIpc) is 2.37. The number of aliphatic hydroxyl groups is 1. The lowest BCUT2D eigenvalue weighted by Gasteiger charge is -1.96. The van der Waals surface area contributed by atoms with Crippen LogP contribution in [0.5, 0.6) is 0 Å². The van der Waals surface area contributed by atoms with Gasteiger partial charge in [-0.25, -0.2) is 0 Å². The highest BCUT2D eigenvalue weighted by Crippen LogP contribution is 2.07. The van der Waals surface area contributed by atoms with Crippen molar-refractivity contribution < 1.29 is 5.11 Å². The molecule has 120 valence electrons. The zero-order valence-electron chi connectivity index (χ0n) is 14.7. The van der Waals surface area contributed by atoms with Gasteiger partial charge in [0.2, 0.25) is 0 Å². The Hall–Kier alpha value is -2.02. The van der Waals surface area contributed by atoms with Crippen LogP contribution in [-0.2, 0) is 0 Å². The molecule has 0 spiro atoms. The molecule has 0 saturated heterocycles. The van der Waals surface area contributed by atoms with Gasteiger partial charge >= 0.3 is 0 Å². The predicted molar refractivity (Wildman–Crippen MR) is 100.0 cm³/mol. The number of hydrogen-bond acceptors (Lipinski definition) is 1. The van der Waals surface area contributed by atoms with Crippen molar-refractivity contribution in [2.75, 3.05) is 0 Å². The van der Waals surface area contributed by atoms with Crippen molar-refractivity contribution in [2.45, 2.75) is 47.5 Å². The standard InChI is InChI=1S/C21H30O/c1-17(2)10-7-11-18(3)12-8-13-19(4)14-9-15-20(5)16-21(6)22/h8-10,12-16,22H,6-7,11H2,1-5H3/b13-8+,15-9+,18-12+,19-14+,20-16+. The second-order valence-electron chi connectivity index (χ2n) is 5.84. The quantitative estimate of drug-likeness (QED) is 0.298. The van der Waals surface area contributed by atoms with E-state index in [4.69, 9.17) is 5.11 Å². The largest absolute Gasteiger partial charge is 0.509 e. The molecule has 0 aliphatic heterocycles. The number of hydrogen-bond donors (Lipinski definition) is 1. The molecular formula is C21H30O. The molecule has 0 atom stereocenters. The van der Waals surface area contributed by atoms with E-state index < -0.39 is 0 Å². The van der Waals surface area contributed by atoms with Crippen LogP contribution in [0.1, 0.15) is 47.5 Å². The van der Waals surface area contributed by atoms with E-state index in [1.54, 1.807) is 6.08 Å². The van der Waals surface area contributed by atoms with Gasteiger partial charge in [-0.3, -0.25) is 0 Å². The lowest BCUT2D eigenvalue weighted by Crippen LogP contribution is -1.76. The van der Waals surface area contributed by atoms with Crippen molar-refractivity contribution >= 4 is 0 Å². The van der Waals surface area contributed by atoms with E-state index in [1.165, 1.54) is 16.7 Å². The van der Waals surface area contributed by atoms with Crippen LogP contribution in [0.3, 0.4) is 0 Å². The second kappa shape index (κ2) is 11.6. The molecule has 0 aliphatic rings. The molecule has 0 aromatic rings. The molecule has 0 rings (SSSR count). The Morgan fingerprint density at radius 2 is 1.50 bits per heavy atom. The van der Waals surface area contributed by atoms with E-state index in [0.717, 1.165) is 18.4 Å². The van der Waals surface area contributed by atoms with E-state index in [0.29, 0.717) is 0 Å². The fourth-order valence-corrected chi connectivity index (χ4v) is 1.75. The highest BCUT2D eigenvalue weighted by molar-refractivity contribution is 5.30. The van der Waals surface area contributed by atoms with E-state index in [2.05, 4.69) is 58.6 Å². The van der Waals surface area contributed by atoms with Gasteiger partial charge in [0.1, 0.15) is 5.76 Å². The Labute approximate surface area is 136 Å². The summed E-state index contributed by atoms with van der Waals surface area (Å²) in [5.74, 6) is 0.0801. The molecule has 22 heavy (non-hydrogen) atoms. The Morgan fingerprint density at radius 1 is 0.909 bits per heavy atom. The molecule has 0 radical (unpaired) electrons. The van der Waals surface area contributed by atoms with Gasteiger partial charge in [-0.1, -0.05) is 65.8 Å². The maximum Gasteiger partial charge on any atom is 0.108 e. The van der Waals surface area contributed by atoms with Crippen molar-refractivity contribution in [3.63, 3.8) is 0 Å². The third-order valence-electron chi connectivity index (χ3n) is 2.94. The van der Waals surface area contributed by atoms with Crippen LogP contribution in [0.15, 0.2) is 83.2 Å². The molecule has 0 fully saturated rings. The second-order valence-corrected chi connectivity index (χ2v) is 5.84. The van der Waals surface area contributed by atoms with E-state index in [1.807, 2.05) is 25.2 Å². The van der Waals surface area contributed by atoms with Crippen LogP contribution >= 0.6 is 0 Å². The zero-order chi connectivity index (χ0) is 17.0. The molecule has 0 aliphatic carbocycles. The SMILES string of the molecule is C=C(O)/C=C(C)/C=C/C=C(C)/C=C/C=C(\C)CCC=C(C)C. The van der Waals surface area contributed by atoms with Gasteiger partial charge in [0.05, 0.1) is 0 Å². The van der Waals surface area contributed by atoms with Gasteiger partial charge in [0.15, 0.2) is 0 Å². The molecule has 1 N–H and O–H groups in total. The van der Waals surface area contributed by atoms with Crippen molar-refractivity contribution in [1.29, 1.82) is 0 Å². The minimum absolute atomic E-state index is 0.0801. The highest BCUT2D eigenvalue weighted by Gasteiger charge is 1.87. The summed E-state index contributed by atoms with van der Waals surface area (Å²) in [4.78, 5) is 0. The molecule has 0 aromatic heterocycles. The monoisotopic (exact) mass is 298 g/mol. The predicted octanol–water partition coefficient (Wildman–Crippen LogP) is 6.76. The van der Waals surface area contributed by atoms with Gasteiger partial charge in [0, 0.05) is 0 Å². The first-order chi connectivity index (χ1) is 10.3. The van der Waals surface area contributed by atoms with Crippen molar-refractivity contribution in [1.82, 2.24) is 0 Å². The summed E-state index contributed by atoms with van der Waals surface area (Å²) < 4.78 is 0. The fraction of sp³-hybridized carbons (Fsp3) is 0.333. The van der Waals surface area contributed by atoms with E-state index >= 15 is 0 Å². The topological polar surface area (TPSA) is 20.2 Å². The lowest BCUT2D eigenvalue weighted by molar-refractivity contribution is 0.435. The highest BCUT2D eigenvalue weighted by atomic mass is 16.3. The number of rotatable bonds is 8. The average molecular weight is 298 g/mol. The van der Waals surface area contributed by atoms with Crippen molar-refractivity contribution in [3.8, 4) is 0 Å². The minimum Gasteiger partial charge on any atom is -0.509 e. The zero-order valence-corrected chi connectivity index (χ0v) is 14.7. The molecule has 0 heterocycles. The van der Waals surface area contributed by atoms with Crippen molar-refractivity contribution in [2.24, 2.45) is 0 Å². The summed E-state index contributed by atoms with van der Waals surface area (Å²) in [5.41, 5.74) is 4.91. The van der Waals surface area contributed by atoms with Crippen LogP contribution in [0.4, 0.5) is 0 Å². The Balaban J connectivity index is 4.43. The summed E-state index contributed by atoms with van der Waals surface area (Å²) in [6.07, 6.45) is 18.4. The maximum atomic E-state index is 9.05. The van der Waals surface area contributed by atoms with Gasteiger partial charge in [-0.15, -0.1) is 0 Å². The first-order valence-electron chi connectivity index (χ1n) is 7.69. The van der Waals surface area contributed by atoms with E-state index in [9.17, 15) is 0 Å². The molecule has 1 nitrogen and oxygen atoms in total. The Kier molecular flexibility index (Phi) is 10.6. The van der Waals surface area contributed by atoms with Gasteiger partial charge in [-0.05, 0) is 59.1 Å². The molecule has 1 heteroatoms. The molecule has 0 amide bonds. The van der Waals surface area contributed by atoms with Crippen molar-refractivity contribution in [3.05, 3.63) is 83.2 Å². The maximum absolute atomic E-state index is 9.05. The summed E-state index contributed by atoms with van der Waals surface area (Å²) in [5, 5.41) is 9.05. The molecule has 0 saturated carbocycles. The van der Waals surface area contributed by atoms with Crippen LogP contribution in [-0.4, -0.2) is 5.11 Å². The summed E-state index contributed by atoms with van der Waals surface area (Å²) in [6.45, 7) is 13.9. The van der Waals surface area contributed by atoms with Crippen LogP contribution in [0.2, 0.25) is 0 Å². The van der Waals surface area contributed by atoms with Gasteiger partial charge in [0.25, 0.3) is 0 Å². The van der Waals surface area contributed by atoms with E-state index in [-0.39, 0.29) is 5.76 Å². The normalized spacial score (nSPS) is 14.0. The fourth-order valence-electron chi connectivity index (χ4n) is 1.75. The molecular weight excluding hydrogens is 268 g/mol. The van der Waals surface area contributed by atoms with Crippen LogP contribution in [0.25, 0.3) is 0 Å². The summed E-state index contributed by atoms with van der Waals surface area (Å²) in [6, 6.07) is 0. The third-order valence-corrected chi connectivity index (χ3v) is 2.94. The number of allylic oxidation sites excluding steroid dienone is 12. The van der Waals surface area contributed by atoms with Gasteiger partial charge < -0.3 is 5.11 Å². The Bertz CT molecular complexity index is 530. The molecule has 0 unspecified atom stereocenters. The molecule has 0 bridgehead atoms. The summed E-state index contributed by atoms with van der Waals surface area (Å²) in [7, 11) is 0. The number of aliphatic hydroxyl groups excluding tert-OH is 1. The smallest absolute Gasteiger partial charge is 0.108 e. The lowest BCUT2D eigenvalue weighted by atomic mass is 10.1. The van der Waals surface area contributed by atoms with Crippen LogP contribution in [0, 0.1) is 0 Å². The third kappa shape index (κ3) is 13.0. The molecule has 0 aromatic carbocycles. The first-order valence-corrected chi connectivity index (χ1v) is 7.69. The summed E-state index contributed by atoms with van der Waals surface area (Å²) >= 11 is 0.